The highest BCUT2D eigenvalue weighted by molar-refractivity contribution is 6.33. The van der Waals surface area contributed by atoms with Gasteiger partial charge in [-0.1, -0.05) is 29.8 Å². The zero-order valence-corrected chi connectivity index (χ0v) is 16.4. The van der Waals surface area contributed by atoms with E-state index >= 15 is 0 Å². The summed E-state index contributed by atoms with van der Waals surface area (Å²) < 4.78 is 0. The van der Waals surface area contributed by atoms with E-state index in [1.165, 1.54) is 19.6 Å². The molecule has 28 heavy (non-hydrogen) atoms. The molecule has 3 amide bonds. The highest BCUT2D eigenvalue weighted by Crippen LogP contribution is 2.28. The Morgan fingerprint density at radius 3 is 2.11 bits per heavy atom. The van der Waals surface area contributed by atoms with Gasteiger partial charge in [-0.2, -0.15) is 0 Å². The van der Waals surface area contributed by atoms with Gasteiger partial charge < -0.3 is 15.5 Å². The van der Waals surface area contributed by atoms with Crippen LogP contribution in [0, 0.1) is 0 Å². The standard InChI is InChI=1S/C19H21ClN4O4/c1-21-15-9-8-13(10-14(15)20)11-4-6-12(7-5-11)19(27)24(3)16(17(25)22-2)18(26)23-28/h4-10,16,21,28H,1-3H3,(H,22,25)(H,23,26). The Hall–Kier alpha value is -3.10. The van der Waals surface area contributed by atoms with Gasteiger partial charge in [0, 0.05) is 26.7 Å². The summed E-state index contributed by atoms with van der Waals surface area (Å²) in [6.07, 6.45) is 0. The average molecular weight is 405 g/mol. The first-order valence-corrected chi connectivity index (χ1v) is 8.72. The molecule has 1 atom stereocenters. The second kappa shape index (κ2) is 9.20. The molecule has 4 N–H and O–H groups in total. The van der Waals surface area contributed by atoms with Gasteiger partial charge in [-0.05, 0) is 35.4 Å². The molecule has 0 radical (unpaired) electrons. The van der Waals surface area contributed by atoms with Gasteiger partial charge >= 0.3 is 0 Å². The van der Waals surface area contributed by atoms with E-state index in [0.717, 1.165) is 21.7 Å². The predicted molar refractivity (Wildman–Crippen MR) is 106 cm³/mol. The Bertz CT molecular complexity index is 870. The van der Waals surface area contributed by atoms with Gasteiger partial charge in [0.2, 0.25) is 0 Å². The molecule has 9 heteroatoms. The largest absolute Gasteiger partial charge is 0.387 e. The van der Waals surface area contributed by atoms with Crippen molar-refractivity contribution in [3.05, 3.63) is 53.1 Å². The van der Waals surface area contributed by atoms with Crippen LogP contribution in [0.4, 0.5) is 5.69 Å². The molecule has 8 nitrogen and oxygen atoms in total. The topological polar surface area (TPSA) is 111 Å². The molecular formula is C19H21ClN4O4. The maximum absolute atomic E-state index is 12.7. The van der Waals surface area contributed by atoms with E-state index in [2.05, 4.69) is 10.6 Å². The summed E-state index contributed by atoms with van der Waals surface area (Å²) in [6.45, 7) is 0. The molecule has 2 aromatic carbocycles. The quantitative estimate of drug-likeness (QED) is 0.333. The van der Waals surface area contributed by atoms with Crippen LogP contribution in [0.2, 0.25) is 5.02 Å². The predicted octanol–water partition coefficient (Wildman–Crippen LogP) is 1.74. The molecule has 0 bridgehead atoms. The minimum absolute atomic E-state index is 0.281. The first-order valence-electron chi connectivity index (χ1n) is 8.34. The van der Waals surface area contributed by atoms with Crippen molar-refractivity contribution in [2.45, 2.75) is 6.04 Å². The van der Waals surface area contributed by atoms with Gasteiger partial charge in [0.1, 0.15) is 0 Å². The number of hydroxylamine groups is 1. The molecule has 0 saturated carbocycles. The van der Waals surface area contributed by atoms with Gasteiger partial charge in [0.25, 0.3) is 17.7 Å². The van der Waals surface area contributed by atoms with Crippen LogP contribution in [0.1, 0.15) is 10.4 Å². The lowest BCUT2D eigenvalue weighted by molar-refractivity contribution is -0.140. The second-order valence-electron chi connectivity index (χ2n) is 5.93. The molecule has 0 aliphatic heterocycles. The van der Waals surface area contributed by atoms with Crippen LogP contribution >= 0.6 is 11.6 Å². The number of nitrogens with zero attached hydrogens (tertiary/aromatic N) is 1. The number of nitrogens with one attached hydrogen (secondary N) is 3. The van der Waals surface area contributed by atoms with Gasteiger partial charge in [0.15, 0.2) is 6.04 Å². The summed E-state index contributed by atoms with van der Waals surface area (Å²) in [5, 5.41) is 14.7. The molecule has 0 spiro atoms. The van der Waals surface area contributed by atoms with Crippen LogP contribution in [0.25, 0.3) is 11.1 Å². The van der Waals surface area contributed by atoms with Crippen molar-refractivity contribution < 1.29 is 19.6 Å². The molecule has 1 unspecified atom stereocenters. The molecule has 2 aromatic rings. The Morgan fingerprint density at radius 1 is 1.00 bits per heavy atom. The number of carbonyl (C=O) groups excluding carboxylic acids is 3. The number of amides is 3. The highest BCUT2D eigenvalue weighted by atomic mass is 35.5. The molecule has 0 aromatic heterocycles. The Balaban J connectivity index is 2.26. The van der Waals surface area contributed by atoms with E-state index in [4.69, 9.17) is 16.8 Å². The van der Waals surface area contributed by atoms with Crippen molar-refractivity contribution in [3.63, 3.8) is 0 Å². The van der Waals surface area contributed by atoms with E-state index < -0.39 is 23.8 Å². The number of anilines is 1. The number of rotatable bonds is 6. The highest BCUT2D eigenvalue weighted by Gasteiger charge is 2.33. The lowest BCUT2D eigenvalue weighted by atomic mass is 10.0. The number of hydrogen-bond donors (Lipinski definition) is 4. The molecule has 148 valence electrons. The van der Waals surface area contributed by atoms with Crippen LogP contribution in [0.3, 0.4) is 0 Å². The number of likely N-dealkylation sites (N-methyl/N-ethyl adjacent to an activating group) is 2. The smallest absolute Gasteiger partial charge is 0.275 e. The van der Waals surface area contributed by atoms with E-state index in [-0.39, 0.29) is 5.56 Å². The maximum atomic E-state index is 12.7. The Morgan fingerprint density at radius 2 is 1.61 bits per heavy atom. The Kier molecular flexibility index (Phi) is 6.97. The lowest BCUT2D eigenvalue weighted by Crippen LogP contribution is -2.54. The third-order valence-corrected chi connectivity index (χ3v) is 4.58. The minimum atomic E-state index is -1.50. The SMILES string of the molecule is CNC(=O)C(C(=O)NO)N(C)C(=O)c1ccc(-c2ccc(NC)c(Cl)c2)cc1. The van der Waals surface area contributed by atoms with E-state index in [0.29, 0.717) is 5.02 Å². The second-order valence-corrected chi connectivity index (χ2v) is 6.34. The van der Waals surface area contributed by atoms with E-state index in [1.54, 1.807) is 31.3 Å². The molecule has 0 saturated heterocycles. The number of hydrogen-bond acceptors (Lipinski definition) is 5. The summed E-state index contributed by atoms with van der Waals surface area (Å²) in [6, 6.07) is 10.7. The zero-order valence-electron chi connectivity index (χ0n) is 15.6. The average Bonchev–Trinajstić information content (AvgIpc) is 2.72. The summed E-state index contributed by atoms with van der Waals surface area (Å²) >= 11 is 6.20. The molecule has 2 rings (SSSR count). The first kappa shape index (κ1) is 21.2. The summed E-state index contributed by atoms with van der Waals surface area (Å²) in [7, 11) is 4.42. The van der Waals surface area contributed by atoms with Crippen molar-refractivity contribution in [3.8, 4) is 11.1 Å². The molecule has 0 aliphatic rings. The normalized spacial score (nSPS) is 11.3. The number of halogens is 1. The molecular weight excluding hydrogens is 384 g/mol. The van der Waals surface area contributed by atoms with Gasteiger partial charge in [-0.3, -0.25) is 19.6 Å². The number of benzene rings is 2. The third-order valence-electron chi connectivity index (χ3n) is 4.26. The molecule has 0 heterocycles. The molecule has 0 fully saturated rings. The minimum Gasteiger partial charge on any atom is -0.387 e. The fourth-order valence-electron chi connectivity index (χ4n) is 2.69. The monoisotopic (exact) mass is 404 g/mol. The number of carbonyl (C=O) groups is 3. The summed E-state index contributed by atoms with van der Waals surface area (Å²) in [5.41, 5.74) is 4.21. The summed E-state index contributed by atoms with van der Waals surface area (Å²) in [5.74, 6) is -2.28. The maximum Gasteiger partial charge on any atom is 0.275 e. The Labute approximate surface area is 167 Å². The lowest BCUT2D eigenvalue weighted by Gasteiger charge is -2.25. The van der Waals surface area contributed by atoms with Gasteiger partial charge in [0.05, 0.1) is 10.7 Å². The van der Waals surface area contributed by atoms with Crippen LogP contribution < -0.4 is 16.1 Å². The fourth-order valence-corrected chi connectivity index (χ4v) is 2.97. The van der Waals surface area contributed by atoms with Crippen molar-refractivity contribution in [1.82, 2.24) is 15.7 Å². The molecule has 0 aliphatic carbocycles. The van der Waals surface area contributed by atoms with E-state index in [9.17, 15) is 14.4 Å². The van der Waals surface area contributed by atoms with Crippen LogP contribution in [0.5, 0.6) is 0 Å². The van der Waals surface area contributed by atoms with Crippen LogP contribution in [-0.2, 0) is 9.59 Å². The van der Waals surface area contributed by atoms with Gasteiger partial charge in [-0.25, -0.2) is 5.48 Å². The zero-order chi connectivity index (χ0) is 20.8. The van der Waals surface area contributed by atoms with Gasteiger partial charge in [-0.15, -0.1) is 0 Å². The van der Waals surface area contributed by atoms with Crippen molar-refractivity contribution in [2.75, 3.05) is 26.5 Å². The fraction of sp³-hybridized carbons (Fsp3) is 0.211. The summed E-state index contributed by atoms with van der Waals surface area (Å²) in [4.78, 5) is 37.3. The van der Waals surface area contributed by atoms with Crippen molar-refractivity contribution in [2.24, 2.45) is 0 Å². The van der Waals surface area contributed by atoms with Crippen molar-refractivity contribution in [1.29, 1.82) is 0 Å². The first-order chi connectivity index (χ1) is 13.3. The third kappa shape index (κ3) is 4.41. The van der Waals surface area contributed by atoms with Crippen molar-refractivity contribution >= 4 is 35.0 Å². The van der Waals surface area contributed by atoms with E-state index in [1.807, 2.05) is 18.2 Å². The van der Waals surface area contributed by atoms with Crippen LogP contribution in [-0.4, -0.2) is 55.0 Å². The van der Waals surface area contributed by atoms with Crippen LogP contribution in [0.15, 0.2) is 42.5 Å².